The second-order valence-corrected chi connectivity index (χ2v) is 11.2. The molecule has 1 saturated heterocycles. The molecule has 4 heterocycles. The number of H-pyrrole nitrogens is 1. The number of aromatic amines is 1. The van der Waals surface area contributed by atoms with Crippen LogP contribution in [0.4, 0.5) is 5.82 Å². The lowest BCUT2D eigenvalue weighted by atomic mass is 10.1. The average molecular weight is 518 g/mol. The largest absolute Gasteiger partial charge is 0.471 e. The highest BCUT2D eigenvalue weighted by atomic mass is 35.5. The number of pyridine rings is 2. The molecule has 0 saturated carbocycles. The van der Waals surface area contributed by atoms with Gasteiger partial charge in [0.1, 0.15) is 17.3 Å². The number of fused-ring (bicyclic) bond motifs is 1. The van der Waals surface area contributed by atoms with Crippen LogP contribution in [-0.4, -0.2) is 49.0 Å². The molecule has 1 aliphatic rings. The maximum Gasteiger partial charge on any atom is 0.177 e. The lowest BCUT2D eigenvalue weighted by Gasteiger charge is -2.28. The van der Waals surface area contributed by atoms with E-state index in [1.54, 1.807) is 12.3 Å². The molecule has 0 spiro atoms. The van der Waals surface area contributed by atoms with E-state index in [-0.39, 0.29) is 0 Å². The number of rotatable bonds is 5. The van der Waals surface area contributed by atoms with Crippen LogP contribution in [0.15, 0.2) is 48.9 Å². The summed E-state index contributed by atoms with van der Waals surface area (Å²) in [6.07, 6.45) is 3.82. The SMILES string of the molecule is N=S1(=O)CCN(c2ccc(-c3n[nH]c4ccc(O[C@H](N)c5c(Cl)cncc5Cl)cc34)cn2)CC1. The van der Waals surface area contributed by atoms with Crippen molar-refractivity contribution < 1.29 is 8.95 Å². The van der Waals surface area contributed by atoms with Crippen LogP contribution >= 0.6 is 23.2 Å². The Hall–Kier alpha value is -2.92. The number of hydrogen-bond donors (Lipinski definition) is 3. The Morgan fingerprint density at radius 2 is 1.85 bits per heavy atom. The minimum absolute atomic E-state index is 0.329. The van der Waals surface area contributed by atoms with Gasteiger partial charge in [-0.3, -0.25) is 20.6 Å². The Balaban J connectivity index is 1.39. The number of hydrogen-bond acceptors (Lipinski definition) is 8. The van der Waals surface area contributed by atoms with Crippen molar-refractivity contribution in [1.29, 1.82) is 4.78 Å². The second kappa shape index (κ2) is 9.03. The van der Waals surface area contributed by atoms with Gasteiger partial charge < -0.3 is 9.64 Å². The molecule has 0 amide bonds. The van der Waals surface area contributed by atoms with E-state index in [0.29, 0.717) is 46.0 Å². The molecule has 0 unspecified atom stereocenters. The fraction of sp³-hybridized carbons (Fsp3) is 0.227. The molecule has 4 N–H and O–H groups in total. The van der Waals surface area contributed by atoms with Gasteiger partial charge in [0.25, 0.3) is 0 Å². The van der Waals surface area contributed by atoms with Crippen LogP contribution in [0, 0.1) is 4.78 Å². The van der Waals surface area contributed by atoms with Gasteiger partial charge >= 0.3 is 0 Å². The van der Waals surface area contributed by atoms with Crippen molar-refractivity contribution in [2.75, 3.05) is 29.5 Å². The van der Waals surface area contributed by atoms with Crippen LogP contribution in [0.1, 0.15) is 11.8 Å². The highest BCUT2D eigenvalue weighted by Gasteiger charge is 2.21. The molecular formula is C22H21Cl2N7O2S. The van der Waals surface area contributed by atoms with E-state index in [1.165, 1.54) is 12.4 Å². The van der Waals surface area contributed by atoms with Crippen molar-refractivity contribution in [3.63, 3.8) is 0 Å². The summed E-state index contributed by atoms with van der Waals surface area (Å²) in [6, 6.07) is 9.35. The average Bonchev–Trinajstić information content (AvgIpc) is 3.22. The first-order chi connectivity index (χ1) is 16.3. The maximum absolute atomic E-state index is 11.9. The first kappa shape index (κ1) is 22.9. The van der Waals surface area contributed by atoms with Gasteiger partial charge in [-0.25, -0.2) is 9.19 Å². The molecule has 5 rings (SSSR count). The van der Waals surface area contributed by atoms with E-state index in [2.05, 4.69) is 20.2 Å². The number of nitrogens with one attached hydrogen (secondary N) is 2. The number of aromatic nitrogens is 4. The molecule has 1 atom stereocenters. The van der Waals surface area contributed by atoms with Gasteiger partial charge in [-0.2, -0.15) is 5.10 Å². The zero-order chi connectivity index (χ0) is 23.9. The smallest absolute Gasteiger partial charge is 0.177 e. The summed E-state index contributed by atoms with van der Waals surface area (Å²) in [6.45, 7) is 1.12. The van der Waals surface area contributed by atoms with E-state index < -0.39 is 16.0 Å². The quantitative estimate of drug-likeness (QED) is 0.337. The molecule has 12 heteroatoms. The molecule has 0 bridgehead atoms. The number of ether oxygens (including phenoxy) is 1. The molecule has 34 heavy (non-hydrogen) atoms. The van der Waals surface area contributed by atoms with Gasteiger partial charge in [-0.05, 0) is 30.3 Å². The molecular weight excluding hydrogens is 497 g/mol. The lowest BCUT2D eigenvalue weighted by Crippen LogP contribution is -2.40. The highest BCUT2D eigenvalue weighted by molar-refractivity contribution is 7.92. The van der Waals surface area contributed by atoms with E-state index in [1.807, 2.05) is 29.2 Å². The number of anilines is 1. The highest BCUT2D eigenvalue weighted by Crippen LogP contribution is 2.33. The monoisotopic (exact) mass is 517 g/mol. The second-order valence-electron chi connectivity index (χ2n) is 7.95. The minimum Gasteiger partial charge on any atom is -0.471 e. The number of nitrogens with two attached hydrogens (primary N) is 1. The maximum atomic E-state index is 11.9. The molecule has 1 aromatic carbocycles. The first-order valence-corrected chi connectivity index (χ1v) is 13.1. The van der Waals surface area contributed by atoms with Crippen LogP contribution in [-0.2, 0) is 9.73 Å². The Bertz CT molecular complexity index is 1420. The summed E-state index contributed by atoms with van der Waals surface area (Å²) in [5, 5.41) is 8.98. The minimum atomic E-state index is -2.45. The van der Waals surface area contributed by atoms with Gasteiger partial charge in [-0.15, -0.1) is 0 Å². The number of nitrogens with zero attached hydrogens (tertiary/aromatic N) is 4. The molecule has 4 aromatic rings. The molecule has 3 aromatic heterocycles. The van der Waals surface area contributed by atoms with Crippen molar-refractivity contribution in [3.8, 4) is 17.0 Å². The normalized spacial score (nSPS) is 16.5. The van der Waals surface area contributed by atoms with Gasteiger partial charge in [0.05, 0.1) is 15.6 Å². The Morgan fingerprint density at radius 3 is 2.53 bits per heavy atom. The molecule has 1 fully saturated rings. The van der Waals surface area contributed by atoms with Gasteiger partial charge in [0, 0.05) is 69.4 Å². The van der Waals surface area contributed by atoms with Crippen LogP contribution in [0.25, 0.3) is 22.2 Å². The molecule has 9 nitrogen and oxygen atoms in total. The van der Waals surface area contributed by atoms with Crippen LogP contribution in [0.2, 0.25) is 10.0 Å². The Morgan fingerprint density at radius 1 is 1.12 bits per heavy atom. The zero-order valence-electron chi connectivity index (χ0n) is 17.9. The van der Waals surface area contributed by atoms with E-state index in [9.17, 15) is 4.21 Å². The predicted octanol–water partition coefficient (Wildman–Crippen LogP) is 4.23. The molecule has 1 aliphatic heterocycles. The molecule has 0 aliphatic carbocycles. The third-order valence-corrected chi connectivity index (χ3v) is 7.99. The van der Waals surface area contributed by atoms with E-state index in [4.69, 9.17) is 38.5 Å². The third-order valence-electron chi connectivity index (χ3n) is 5.70. The fourth-order valence-electron chi connectivity index (χ4n) is 3.86. The summed E-state index contributed by atoms with van der Waals surface area (Å²) in [5.41, 5.74) is 9.07. The first-order valence-electron chi connectivity index (χ1n) is 10.5. The lowest BCUT2D eigenvalue weighted by molar-refractivity contribution is 0.214. The van der Waals surface area contributed by atoms with E-state index in [0.717, 1.165) is 28.0 Å². The van der Waals surface area contributed by atoms with E-state index >= 15 is 0 Å². The van der Waals surface area contributed by atoms with Crippen molar-refractivity contribution in [1.82, 2.24) is 20.2 Å². The molecule has 0 radical (unpaired) electrons. The molecule has 176 valence electrons. The third kappa shape index (κ3) is 4.54. The van der Waals surface area contributed by atoms with Crippen LogP contribution < -0.4 is 15.4 Å². The number of halogens is 2. The van der Waals surface area contributed by atoms with Gasteiger partial charge in [-0.1, -0.05) is 23.2 Å². The van der Waals surface area contributed by atoms with Gasteiger partial charge in [0.2, 0.25) is 0 Å². The zero-order valence-corrected chi connectivity index (χ0v) is 20.2. The van der Waals surface area contributed by atoms with Crippen molar-refractivity contribution >= 4 is 49.7 Å². The van der Waals surface area contributed by atoms with Crippen molar-refractivity contribution in [3.05, 3.63) is 64.5 Å². The van der Waals surface area contributed by atoms with Crippen LogP contribution in [0.5, 0.6) is 5.75 Å². The standard InChI is InChI=1S/C22H21Cl2N7O2S/c23-16-11-27-12-17(24)20(16)22(25)33-14-2-3-18-15(9-14)21(30-29-18)13-1-4-19(28-10-13)31-5-7-34(26,32)8-6-31/h1-4,9-12,22,26H,5-8,25H2,(H,29,30)/t22-/m0/s1. The van der Waals surface area contributed by atoms with Crippen molar-refractivity contribution in [2.24, 2.45) is 5.73 Å². The Kier molecular flexibility index (Phi) is 6.07. The summed E-state index contributed by atoms with van der Waals surface area (Å²) in [4.78, 5) is 10.6. The summed E-state index contributed by atoms with van der Waals surface area (Å²) in [7, 11) is -2.45. The Labute approximate surface area is 206 Å². The topological polar surface area (TPSA) is 134 Å². The summed E-state index contributed by atoms with van der Waals surface area (Å²) < 4.78 is 25.6. The fourth-order valence-corrected chi connectivity index (χ4v) is 5.67. The predicted molar refractivity (Wildman–Crippen MR) is 134 cm³/mol. The number of benzene rings is 1. The summed E-state index contributed by atoms with van der Waals surface area (Å²) in [5.74, 6) is 2.05. The van der Waals surface area contributed by atoms with Gasteiger partial charge in [0.15, 0.2) is 6.23 Å². The van der Waals surface area contributed by atoms with Crippen molar-refractivity contribution in [2.45, 2.75) is 6.23 Å². The summed E-state index contributed by atoms with van der Waals surface area (Å²) >= 11 is 12.4. The van der Waals surface area contributed by atoms with Crippen LogP contribution in [0.3, 0.4) is 0 Å².